The van der Waals surface area contributed by atoms with Crippen molar-refractivity contribution in [3.63, 3.8) is 0 Å². The van der Waals surface area contributed by atoms with Crippen molar-refractivity contribution in [2.24, 2.45) is 11.8 Å². The summed E-state index contributed by atoms with van der Waals surface area (Å²) in [5, 5.41) is 3.11. The van der Waals surface area contributed by atoms with Crippen LogP contribution in [-0.4, -0.2) is 30.1 Å². The van der Waals surface area contributed by atoms with E-state index in [0.717, 1.165) is 25.4 Å². The van der Waals surface area contributed by atoms with Crippen LogP contribution >= 0.6 is 0 Å². The second-order valence-corrected chi connectivity index (χ2v) is 5.27. The summed E-state index contributed by atoms with van der Waals surface area (Å²) in [6, 6.07) is 0.630. The predicted molar refractivity (Wildman–Crippen MR) is 60.7 cm³/mol. The normalized spacial score (nSPS) is 32.3. The molecular weight excluding hydrogens is 188 g/mol. The standard InChI is InChI=1S/C12H22N2O/c1-9-6-7-14(8-10(9)2)12(15)13-11-4-3-5-11/h9-11H,3-8H2,1-2H3,(H,13,15). The van der Waals surface area contributed by atoms with Crippen LogP contribution in [0.4, 0.5) is 4.79 Å². The zero-order valence-corrected chi connectivity index (χ0v) is 9.83. The molecule has 1 saturated heterocycles. The number of nitrogens with one attached hydrogen (secondary N) is 1. The van der Waals surface area contributed by atoms with Gasteiger partial charge in [0.05, 0.1) is 0 Å². The SMILES string of the molecule is CC1CCN(C(=O)NC2CCC2)CC1C. The number of carbonyl (C=O) groups excluding carboxylic acids is 1. The molecule has 2 aliphatic rings. The van der Waals surface area contributed by atoms with E-state index in [2.05, 4.69) is 19.2 Å². The molecule has 2 amide bonds. The van der Waals surface area contributed by atoms with Gasteiger partial charge < -0.3 is 10.2 Å². The lowest BCUT2D eigenvalue weighted by Crippen LogP contribution is -2.51. The molecule has 0 radical (unpaired) electrons. The van der Waals surface area contributed by atoms with Crippen molar-refractivity contribution in [3.8, 4) is 0 Å². The van der Waals surface area contributed by atoms with Crippen molar-refractivity contribution in [1.29, 1.82) is 0 Å². The number of nitrogens with zero attached hydrogens (tertiary/aromatic N) is 1. The zero-order chi connectivity index (χ0) is 10.8. The Morgan fingerprint density at radius 1 is 1.20 bits per heavy atom. The van der Waals surface area contributed by atoms with Crippen LogP contribution < -0.4 is 5.32 Å². The molecule has 86 valence electrons. The van der Waals surface area contributed by atoms with Gasteiger partial charge in [-0.05, 0) is 37.5 Å². The van der Waals surface area contributed by atoms with Gasteiger partial charge in [-0.1, -0.05) is 13.8 Å². The van der Waals surface area contributed by atoms with E-state index in [0.29, 0.717) is 12.0 Å². The first kappa shape index (κ1) is 10.8. The van der Waals surface area contributed by atoms with Crippen LogP contribution in [0.1, 0.15) is 39.5 Å². The summed E-state index contributed by atoms with van der Waals surface area (Å²) in [4.78, 5) is 13.9. The molecule has 3 heteroatoms. The third kappa shape index (κ3) is 2.44. The van der Waals surface area contributed by atoms with E-state index in [1.807, 2.05) is 4.90 Å². The Bertz CT molecular complexity index is 238. The largest absolute Gasteiger partial charge is 0.335 e. The van der Waals surface area contributed by atoms with E-state index >= 15 is 0 Å². The molecule has 0 aromatic carbocycles. The zero-order valence-electron chi connectivity index (χ0n) is 9.83. The van der Waals surface area contributed by atoms with Gasteiger partial charge >= 0.3 is 6.03 Å². The van der Waals surface area contributed by atoms with Crippen LogP contribution in [0.2, 0.25) is 0 Å². The minimum Gasteiger partial charge on any atom is -0.335 e. The lowest BCUT2D eigenvalue weighted by atomic mass is 9.89. The lowest BCUT2D eigenvalue weighted by Gasteiger charge is -2.37. The molecule has 1 aliphatic carbocycles. The molecule has 2 unspecified atom stereocenters. The molecule has 0 aromatic rings. The van der Waals surface area contributed by atoms with E-state index in [4.69, 9.17) is 0 Å². The second-order valence-electron chi connectivity index (χ2n) is 5.27. The van der Waals surface area contributed by atoms with Gasteiger partial charge in [0.2, 0.25) is 0 Å². The maximum Gasteiger partial charge on any atom is 0.317 e. The maximum absolute atomic E-state index is 11.9. The monoisotopic (exact) mass is 210 g/mol. The van der Waals surface area contributed by atoms with Gasteiger partial charge in [0, 0.05) is 19.1 Å². The molecule has 1 heterocycles. The van der Waals surface area contributed by atoms with Gasteiger partial charge in [0.25, 0.3) is 0 Å². The summed E-state index contributed by atoms with van der Waals surface area (Å²) < 4.78 is 0. The van der Waals surface area contributed by atoms with Crippen LogP contribution in [-0.2, 0) is 0 Å². The highest BCUT2D eigenvalue weighted by Gasteiger charge is 2.28. The average Bonchev–Trinajstić information content (AvgIpc) is 2.15. The maximum atomic E-state index is 11.9. The fourth-order valence-corrected chi connectivity index (χ4v) is 2.27. The lowest BCUT2D eigenvalue weighted by molar-refractivity contribution is 0.138. The van der Waals surface area contributed by atoms with Crippen LogP contribution in [0.3, 0.4) is 0 Å². The fraction of sp³-hybridized carbons (Fsp3) is 0.917. The number of amides is 2. The van der Waals surface area contributed by atoms with Gasteiger partial charge in [-0.15, -0.1) is 0 Å². The summed E-state index contributed by atoms with van der Waals surface area (Å²) in [5.74, 6) is 1.41. The van der Waals surface area contributed by atoms with E-state index < -0.39 is 0 Å². The first-order valence-electron chi connectivity index (χ1n) is 6.22. The summed E-state index contributed by atoms with van der Waals surface area (Å²) in [6.45, 7) is 6.39. The molecule has 1 saturated carbocycles. The predicted octanol–water partition coefficient (Wildman–Crippen LogP) is 2.23. The van der Waals surface area contributed by atoms with Crippen molar-refractivity contribution in [2.75, 3.05) is 13.1 Å². The molecule has 15 heavy (non-hydrogen) atoms. The molecule has 2 fully saturated rings. The number of piperidine rings is 1. The van der Waals surface area contributed by atoms with Gasteiger partial charge in [-0.3, -0.25) is 0 Å². The Balaban J connectivity index is 1.79. The van der Waals surface area contributed by atoms with E-state index in [1.165, 1.54) is 19.3 Å². The summed E-state index contributed by atoms with van der Waals surface area (Å²) in [5.41, 5.74) is 0. The molecule has 1 N–H and O–H groups in total. The second kappa shape index (κ2) is 4.42. The van der Waals surface area contributed by atoms with Crippen molar-refractivity contribution >= 4 is 6.03 Å². The first-order valence-corrected chi connectivity index (χ1v) is 6.22. The van der Waals surface area contributed by atoms with E-state index in [-0.39, 0.29) is 6.03 Å². The summed E-state index contributed by atoms with van der Waals surface area (Å²) >= 11 is 0. The van der Waals surface area contributed by atoms with Crippen LogP contribution in [0.15, 0.2) is 0 Å². The molecule has 3 nitrogen and oxygen atoms in total. The van der Waals surface area contributed by atoms with Crippen molar-refractivity contribution in [2.45, 2.75) is 45.6 Å². The smallest absolute Gasteiger partial charge is 0.317 e. The number of hydrogen-bond donors (Lipinski definition) is 1. The number of rotatable bonds is 1. The van der Waals surface area contributed by atoms with Crippen molar-refractivity contribution < 1.29 is 4.79 Å². The minimum atomic E-state index is 0.165. The topological polar surface area (TPSA) is 32.3 Å². The molecular formula is C12H22N2O. The Hall–Kier alpha value is -0.730. The third-order valence-corrected chi connectivity index (χ3v) is 4.05. The third-order valence-electron chi connectivity index (χ3n) is 4.05. The molecule has 0 bridgehead atoms. The van der Waals surface area contributed by atoms with E-state index in [1.54, 1.807) is 0 Å². The Kier molecular flexibility index (Phi) is 3.17. The highest BCUT2D eigenvalue weighted by molar-refractivity contribution is 5.74. The summed E-state index contributed by atoms with van der Waals surface area (Å²) in [7, 11) is 0. The highest BCUT2D eigenvalue weighted by Crippen LogP contribution is 2.23. The number of carbonyl (C=O) groups is 1. The van der Waals surface area contributed by atoms with Gasteiger partial charge in [-0.25, -0.2) is 4.79 Å². The first-order chi connectivity index (χ1) is 7.16. The van der Waals surface area contributed by atoms with Gasteiger partial charge in [0.15, 0.2) is 0 Å². The Morgan fingerprint density at radius 3 is 2.47 bits per heavy atom. The Labute approximate surface area is 92.2 Å². The van der Waals surface area contributed by atoms with Crippen LogP contribution in [0.25, 0.3) is 0 Å². The molecule has 0 aromatic heterocycles. The number of urea groups is 1. The average molecular weight is 210 g/mol. The highest BCUT2D eigenvalue weighted by atomic mass is 16.2. The molecule has 2 atom stereocenters. The fourth-order valence-electron chi connectivity index (χ4n) is 2.27. The molecule has 1 aliphatic heterocycles. The number of hydrogen-bond acceptors (Lipinski definition) is 1. The van der Waals surface area contributed by atoms with Gasteiger partial charge in [0.1, 0.15) is 0 Å². The van der Waals surface area contributed by atoms with E-state index in [9.17, 15) is 4.79 Å². The van der Waals surface area contributed by atoms with Crippen LogP contribution in [0.5, 0.6) is 0 Å². The summed E-state index contributed by atoms with van der Waals surface area (Å²) in [6.07, 6.45) is 4.77. The number of likely N-dealkylation sites (tertiary alicyclic amines) is 1. The van der Waals surface area contributed by atoms with Gasteiger partial charge in [-0.2, -0.15) is 0 Å². The molecule has 2 rings (SSSR count). The minimum absolute atomic E-state index is 0.165. The van der Waals surface area contributed by atoms with Crippen molar-refractivity contribution in [3.05, 3.63) is 0 Å². The quantitative estimate of drug-likeness (QED) is 0.707. The molecule has 0 spiro atoms. The van der Waals surface area contributed by atoms with Crippen molar-refractivity contribution in [1.82, 2.24) is 10.2 Å². The van der Waals surface area contributed by atoms with Crippen LogP contribution in [0, 0.1) is 11.8 Å². The Morgan fingerprint density at radius 2 is 1.93 bits per heavy atom.